The summed E-state index contributed by atoms with van der Waals surface area (Å²) in [6.07, 6.45) is 2.17. The van der Waals surface area contributed by atoms with Gasteiger partial charge in [0.15, 0.2) is 0 Å². The number of amides is 1. The van der Waals surface area contributed by atoms with Crippen LogP contribution in [0.1, 0.15) is 29.2 Å². The maximum atomic E-state index is 13.0. The van der Waals surface area contributed by atoms with E-state index in [2.05, 4.69) is 52.0 Å². The molecule has 0 spiro atoms. The van der Waals surface area contributed by atoms with Crippen LogP contribution < -0.4 is 5.73 Å². The third-order valence-electron chi connectivity index (χ3n) is 6.41. The Kier molecular flexibility index (Phi) is 5.83. The molecular weight excluding hydrogens is 364 g/mol. The Bertz CT molecular complexity index is 871. The zero-order valence-electron chi connectivity index (χ0n) is 17.3. The van der Waals surface area contributed by atoms with Crippen molar-refractivity contribution in [2.24, 2.45) is 11.8 Å². The van der Waals surface area contributed by atoms with E-state index < -0.39 is 0 Å². The second kappa shape index (κ2) is 8.51. The first-order valence-corrected chi connectivity index (χ1v) is 10.3. The number of pyridine rings is 1. The van der Waals surface area contributed by atoms with Crippen molar-refractivity contribution in [3.63, 3.8) is 0 Å². The van der Waals surface area contributed by atoms with Gasteiger partial charge < -0.3 is 15.4 Å². The van der Waals surface area contributed by atoms with Crippen LogP contribution in [-0.2, 0) is 16.1 Å². The second-order valence-corrected chi connectivity index (χ2v) is 8.26. The number of benzene rings is 1. The number of hydrogen-bond donors (Lipinski definition) is 1. The highest BCUT2D eigenvalue weighted by Crippen LogP contribution is 2.46. The number of nitrogens with zero attached hydrogens (tertiary/aromatic N) is 3. The van der Waals surface area contributed by atoms with Crippen molar-refractivity contribution in [3.05, 3.63) is 59.3 Å². The van der Waals surface area contributed by atoms with Crippen LogP contribution in [0.5, 0.6) is 0 Å². The van der Waals surface area contributed by atoms with Gasteiger partial charge in [0.25, 0.3) is 0 Å². The molecule has 6 nitrogen and oxygen atoms in total. The Morgan fingerprint density at radius 1 is 1.21 bits per heavy atom. The van der Waals surface area contributed by atoms with Crippen molar-refractivity contribution in [1.82, 2.24) is 14.8 Å². The van der Waals surface area contributed by atoms with Crippen LogP contribution in [0, 0.1) is 18.8 Å². The summed E-state index contributed by atoms with van der Waals surface area (Å²) in [5.74, 6) is 1.71. The zero-order valence-corrected chi connectivity index (χ0v) is 17.3. The van der Waals surface area contributed by atoms with E-state index in [4.69, 9.17) is 10.5 Å². The number of fused-ring (bicyclic) bond motifs is 1. The smallest absolute Gasteiger partial charge is 0.225 e. The van der Waals surface area contributed by atoms with Gasteiger partial charge in [-0.2, -0.15) is 0 Å². The molecule has 2 fully saturated rings. The van der Waals surface area contributed by atoms with Crippen molar-refractivity contribution in [2.45, 2.75) is 25.9 Å². The molecule has 2 aliphatic rings. The lowest BCUT2D eigenvalue weighted by molar-refractivity contribution is -0.133. The Morgan fingerprint density at radius 3 is 2.79 bits per heavy atom. The molecule has 3 atom stereocenters. The van der Waals surface area contributed by atoms with Gasteiger partial charge in [-0.05, 0) is 30.0 Å². The van der Waals surface area contributed by atoms with Gasteiger partial charge in [0.1, 0.15) is 5.82 Å². The number of hydrogen-bond acceptors (Lipinski definition) is 5. The van der Waals surface area contributed by atoms with Gasteiger partial charge in [-0.25, -0.2) is 4.98 Å². The minimum absolute atomic E-state index is 0.127. The average Bonchev–Trinajstić information content (AvgIpc) is 3.26. The maximum Gasteiger partial charge on any atom is 0.225 e. The van der Waals surface area contributed by atoms with Crippen LogP contribution in [0.3, 0.4) is 0 Å². The lowest BCUT2D eigenvalue weighted by Crippen LogP contribution is -2.36. The van der Waals surface area contributed by atoms with Gasteiger partial charge in [0, 0.05) is 51.0 Å². The van der Waals surface area contributed by atoms with E-state index in [0.29, 0.717) is 30.7 Å². The van der Waals surface area contributed by atoms with E-state index in [-0.39, 0.29) is 11.9 Å². The molecule has 0 aliphatic carbocycles. The number of anilines is 1. The monoisotopic (exact) mass is 394 g/mol. The molecule has 3 heterocycles. The standard InChI is InChI=1S/C23H30N4O2/c1-16-6-3-4-8-19(16)22-20-15-26(12-17-7-5-10-25-23(17)24)13-18(20)14-27(22)21(28)9-11-29-2/h3-8,10,18,20,22H,9,11-15H2,1-2H3,(H2,24,25)/t18-,20-,22+/m0/s1. The summed E-state index contributed by atoms with van der Waals surface area (Å²) in [5.41, 5.74) is 9.65. The summed E-state index contributed by atoms with van der Waals surface area (Å²) in [7, 11) is 1.65. The van der Waals surface area contributed by atoms with Gasteiger partial charge in [-0.15, -0.1) is 0 Å². The molecule has 2 aliphatic heterocycles. The largest absolute Gasteiger partial charge is 0.384 e. The molecule has 0 bridgehead atoms. The number of nitrogens with two attached hydrogens (primary N) is 1. The molecule has 1 aromatic heterocycles. The quantitative estimate of drug-likeness (QED) is 0.816. The Morgan fingerprint density at radius 2 is 2.03 bits per heavy atom. The molecule has 0 saturated carbocycles. The lowest BCUT2D eigenvalue weighted by Gasteiger charge is -2.31. The van der Waals surface area contributed by atoms with Crippen molar-refractivity contribution >= 4 is 11.7 Å². The number of aromatic nitrogens is 1. The summed E-state index contributed by atoms with van der Waals surface area (Å²) in [6, 6.07) is 12.6. The molecule has 2 N–H and O–H groups in total. The number of nitrogen functional groups attached to an aromatic ring is 1. The molecule has 6 heteroatoms. The van der Waals surface area contributed by atoms with E-state index in [1.54, 1.807) is 13.3 Å². The summed E-state index contributed by atoms with van der Waals surface area (Å²) in [4.78, 5) is 21.7. The molecule has 4 rings (SSSR count). The Balaban J connectivity index is 1.56. The Hall–Kier alpha value is -2.44. The summed E-state index contributed by atoms with van der Waals surface area (Å²) in [6.45, 7) is 6.18. The molecule has 2 aromatic rings. The molecule has 1 aromatic carbocycles. The second-order valence-electron chi connectivity index (χ2n) is 8.26. The van der Waals surface area contributed by atoms with E-state index in [9.17, 15) is 4.79 Å². The molecule has 2 saturated heterocycles. The van der Waals surface area contributed by atoms with Gasteiger partial charge in [-0.3, -0.25) is 9.69 Å². The summed E-state index contributed by atoms with van der Waals surface area (Å²) in [5, 5.41) is 0. The van der Waals surface area contributed by atoms with Gasteiger partial charge in [0.2, 0.25) is 5.91 Å². The number of aryl methyl sites for hydroxylation is 1. The summed E-state index contributed by atoms with van der Waals surface area (Å²) < 4.78 is 5.15. The number of carbonyl (C=O) groups excluding carboxylic acids is 1. The Labute approximate surface area is 172 Å². The minimum atomic E-state index is 0.127. The van der Waals surface area contributed by atoms with E-state index in [1.165, 1.54) is 11.1 Å². The first-order chi connectivity index (χ1) is 14.1. The van der Waals surface area contributed by atoms with Crippen molar-refractivity contribution in [2.75, 3.05) is 39.1 Å². The fourth-order valence-corrected chi connectivity index (χ4v) is 5.00. The average molecular weight is 395 g/mol. The van der Waals surface area contributed by atoms with E-state index in [0.717, 1.165) is 31.7 Å². The molecule has 0 radical (unpaired) electrons. The van der Waals surface area contributed by atoms with Crippen LogP contribution in [-0.4, -0.2) is 54.0 Å². The predicted octanol–water partition coefficient (Wildman–Crippen LogP) is 2.64. The first kappa shape index (κ1) is 19.9. The normalized spacial score (nSPS) is 24.1. The topological polar surface area (TPSA) is 71.7 Å². The maximum absolute atomic E-state index is 13.0. The van der Waals surface area contributed by atoms with Crippen molar-refractivity contribution in [1.29, 1.82) is 0 Å². The summed E-state index contributed by atoms with van der Waals surface area (Å²) >= 11 is 0. The molecular formula is C23H30N4O2. The molecule has 1 amide bonds. The van der Waals surface area contributed by atoms with Crippen LogP contribution in [0.4, 0.5) is 5.82 Å². The zero-order chi connectivity index (χ0) is 20.4. The fraction of sp³-hybridized carbons (Fsp3) is 0.478. The van der Waals surface area contributed by atoms with E-state index in [1.807, 2.05) is 6.07 Å². The van der Waals surface area contributed by atoms with Gasteiger partial charge >= 0.3 is 0 Å². The van der Waals surface area contributed by atoms with Crippen molar-refractivity contribution < 1.29 is 9.53 Å². The highest BCUT2D eigenvalue weighted by molar-refractivity contribution is 5.77. The van der Waals surface area contributed by atoms with Gasteiger partial charge in [0.05, 0.1) is 19.1 Å². The minimum Gasteiger partial charge on any atom is -0.384 e. The van der Waals surface area contributed by atoms with Crippen LogP contribution in [0.2, 0.25) is 0 Å². The molecule has 0 unspecified atom stereocenters. The number of methoxy groups -OCH3 is 1. The highest BCUT2D eigenvalue weighted by atomic mass is 16.5. The van der Waals surface area contributed by atoms with Crippen molar-refractivity contribution in [3.8, 4) is 0 Å². The van der Waals surface area contributed by atoms with E-state index >= 15 is 0 Å². The molecule has 154 valence electrons. The third kappa shape index (κ3) is 4.00. The number of ether oxygens (including phenoxy) is 1. The number of rotatable bonds is 6. The third-order valence-corrected chi connectivity index (χ3v) is 6.41. The number of likely N-dealkylation sites (tertiary alicyclic amines) is 2. The highest BCUT2D eigenvalue weighted by Gasteiger charge is 2.49. The fourth-order valence-electron chi connectivity index (χ4n) is 5.00. The van der Waals surface area contributed by atoms with Crippen LogP contribution in [0.15, 0.2) is 42.6 Å². The predicted molar refractivity (Wildman–Crippen MR) is 113 cm³/mol. The lowest BCUT2D eigenvalue weighted by atomic mass is 9.87. The van der Waals surface area contributed by atoms with Crippen LogP contribution in [0.25, 0.3) is 0 Å². The number of carbonyl (C=O) groups is 1. The van der Waals surface area contributed by atoms with Crippen LogP contribution >= 0.6 is 0 Å². The molecule has 29 heavy (non-hydrogen) atoms. The first-order valence-electron chi connectivity index (χ1n) is 10.3. The van der Waals surface area contributed by atoms with Gasteiger partial charge in [-0.1, -0.05) is 30.3 Å². The SMILES string of the molecule is COCCC(=O)N1C[C@@H]2CN(Cc3cccnc3N)C[C@@H]2[C@H]1c1ccccc1C.